The van der Waals surface area contributed by atoms with Gasteiger partial charge in [-0.15, -0.1) is 0 Å². The van der Waals surface area contributed by atoms with Crippen molar-refractivity contribution in [3.05, 3.63) is 47.5 Å². The zero-order valence-electron chi connectivity index (χ0n) is 17.6. The molecule has 0 spiro atoms. The average molecular weight is 409 g/mol. The molecule has 2 aliphatic carbocycles. The van der Waals surface area contributed by atoms with Gasteiger partial charge in [-0.25, -0.2) is 0 Å². The van der Waals surface area contributed by atoms with Crippen LogP contribution in [-0.4, -0.2) is 18.9 Å². The monoisotopic (exact) mass is 408 g/mol. The highest BCUT2D eigenvalue weighted by Gasteiger charge is 2.26. The van der Waals surface area contributed by atoms with Crippen LogP contribution in [0.4, 0.5) is 13.2 Å². The molecule has 0 aliphatic heterocycles. The molecule has 1 aromatic carbocycles. The average Bonchev–Trinajstić information content (AvgIpc) is 2.73. The molecule has 0 unspecified atom stereocenters. The second-order valence-corrected chi connectivity index (χ2v) is 8.88. The van der Waals surface area contributed by atoms with Gasteiger partial charge in [-0.3, -0.25) is 0 Å². The molecule has 0 N–H and O–H groups in total. The highest BCUT2D eigenvalue weighted by molar-refractivity contribution is 5.28. The van der Waals surface area contributed by atoms with Gasteiger partial charge >= 0.3 is 6.18 Å². The summed E-state index contributed by atoms with van der Waals surface area (Å²) in [7, 11) is 0. The molecule has 0 saturated heterocycles. The number of allylic oxidation sites excluding steroid dienone is 2. The zero-order chi connectivity index (χ0) is 20.7. The molecule has 0 atom stereocenters. The van der Waals surface area contributed by atoms with Gasteiger partial charge in [-0.1, -0.05) is 43.7 Å². The molecule has 2 fully saturated rings. The van der Waals surface area contributed by atoms with Gasteiger partial charge in [0.05, 0.1) is 6.10 Å². The maximum absolute atomic E-state index is 12.3. The first-order chi connectivity index (χ1) is 13.9. The lowest BCUT2D eigenvalue weighted by Crippen LogP contribution is -2.21. The molecular formula is C25H35F3O. The normalized spacial score (nSPS) is 28.7. The lowest BCUT2D eigenvalue weighted by Gasteiger charge is -2.30. The minimum Gasteiger partial charge on any atom is -0.378 e. The lowest BCUT2D eigenvalue weighted by molar-refractivity contribution is -0.0803. The number of unbranched alkanes of at least 4 members (excludes halogenated alkanes) is 1. The summed E-state index contributed by atoms with van der Waals surface area (Å²) in [5.74, 6) is 1.20. The first kappa shape index (κ1) is 22.4. The second-order valence-electron chi connectivity index (χ2n) is 8.88. The van der Waals surface area contributed by atoms with E-state index >= 15 is 0 Å². The van der Waals surface area contributed by atoms with E-state index in [0.717, 1.165) is 51.6 Å². The van der Waals surface area contributed by atoms with E-state index in [9.17, 15) is 13.2 Å². The number of benzene rings is 1. The molecule has 3 rings (SSSR count). The molecule has 1 aromatic rings. The van der Waals surface area contributed by atoms with Gasteiger partial charge in [-0.05, 0) is 86.7 Å². The smallest absolute Gasteiger partial charge is 0.378 e. The summed E-state index contributed by atoms with van der Waals surface area (Å²) >= 11 is 0. The van der Waals surface area contributed by atoms with E-state index in [1.54, 1.807) is 0 Å². The van der Waals surface area contributed by atoms with Crippen LogP contribution in [0.2, 0.25) is 0 Å². The van der Waals surface area contributed by atoms with Crippen LogP contribution >= 0.6 is 0 Å². The van der Waals surface area contributed by atoms with Crippen LogP contribution in [-0.2, 0) is 4.74 Å². The number of ether oxygens (including phenoxy) is 1. The molecule has 1 nitrogen and oxygen atoms in total. The van der Waals surface area contributed by atoms with Crippen LogP contribution in [0, 0.1) is 5.92 Å². The summed E-state index contributed by atoms with van der Waals surface area (Å²) < 4.78 is 43.0. The van der Waals surface area contributed by atoms with Gasteiger partial charge < -0.3 is 4.74 Å². The molecule has 0 radical (unpaired) electrons. The molecule has 0 bridgehead atoms. The number of hydrogen-bond acceptors (Lipinski definition) is 1. The van der Waals surface area contributed by atoms with Crippen molar-refractivity contribution in [1.29, 1.82) is 0 Å². The SMILES string of the molecule is CCCCOC1CCC(c2ccc(C3CCC(C=CC(F)(F)F)CC3)cc2)CC1. The van der Waals surface area contributed by atoms with Gasteiger partial charge in [0.1, 0.15) is 0 Å². The Bertz CT molecular complexity index is 618. The summed E-state index contributed by atoms with van der Waals surface area (Å²) in [6.07, 6.45) is 8.75. The third kappa shape index (κ3) is 7.16. The molecule has 0 heterocycles. The molecular weight excluding hydrogens is 373 g/mol. The summed E-state index contributed by atoms with van der Waals surface area (Å²) in [5.41, 5.74) is 2.78. The summed E-state index contributed by atoms with van der Waals surface area (Å²) in [6.45, 7) is 3.09. The fourth-order valence-electron chi connectivity index (χ4n) is 4.89. The fourth-order valence-corrected chi connectivity index (χ4v) is 4.89. The second kappa shape index (κ2) is 10.7. The molecule has 4 heteroatoms. The largest absolute Gasteiger partial charge is 0.409 e. The minimum absolute atomic E-state index is 0.0712. The lowest BCUT2D eigenvalue weighted by atomic mass is 9.77. The Hall–Kier alpha value is -1.29. The van der Waals surface area contributed by atoms with Gasteiger partial charge in [-0.2, -0.15) is 13.2 Å². The fraction of sp³-hybridized carbons (Fsp3) is 0.680. The number of hydrogen-bond donors (Lipinski definition) is 0. The molecule has 0 amide bonds. The van der Waals surface area contributed by atoms with Gasteiger partial charge in [0.25, 0.3) is 0 Å². The van der Waals surface area contributed by atoms with E-state index in [4.69, 9.17) is 4.74 Å². The molecule has 2 saturated carbocycles. The van der Waals surface area contributed by atoms with Crippen molar-refractivity contribution in [3.63, 3.8) is 0 Å². The quantitative estimate of drug-likeness (QED) is 0.329. The Balaban J connectivity index is 1.45. The third-order valence-corrected chi connectivity index (χ3v) is 6.73. The van der Waals surface area contributed by atoms with Crippen molar-refractivity contribution in [2.24, 2.45) is 5.92 Å². The third-order valence-electron chi connectivity index (χ3n) is 6.73. The minimum atomic E-state index is -4.19. The van der Waals surface area contributed by atoms with E-state index in [1.165, 1.54) is 36.5 Å². The molecule has 29 heavy (non-hydrogen) atoms. The van der Waals surface area contributed by atoms with Gasteiger partial charge in [0, 0.05) is 12.7 Å². The first-order valence-electron chi connectivity index (χ1n) is 11.4. The van der Waals surface area contributed by atoms with Crippen LogP contribution in [0.3, 0.4) is 0 Å². The maximum Gasteiger partial charge on any atom is 0.409 e. The van der Waals surface area contributed by atoms with Crippen molar-refractivity contribution < 1.29 is 17.9 Å². The van der Waals surface area contributed by atoms with Crippen molar-refractivity contribution in [3.8, 4) is 0 Å². The number of rotatable bonds is 7. The summed E-state index contributed by atoms with van der Waals surface area (Å²) in [5, 5.41) is 0. The Kier molecular flexibility index (Phi) is 8.23. The Labute approximate surface area is 173 Å². The number of halogens is 3. The maximum atomic E-state index is 12.3. The Morgan fingerprint density at radius 2 is 1.38 bits per heavy atom. The van der Waals surface area contributed by atoms with Crippen LogP contribution in [0.15, 0.2) is 36.4 Å². The van der Waals surface area contributed by atoms with Crippen LogP contribution in [0.1, 0.15) is 94.1 Å². The molecule has 162 valence electrons. The van der Waals surface area contributed by atoms with Crippen molar-refractivity contribution in [1.82, 2.24) is 0 Å². The number of alkyl halides is 3. The predicted octanol–water partition coefficient (Wildman–Crippen LogP) is 7.92. The standard InChI is InChI=1S/C25H35F3O/c1-2-3-18-29-24-14-12-23(13-15-24)22-10-8-21(9-11-22)20-6-4-19(5-7-20)16-17-25(26,27)28/h8-11,16-17,19-20,23-24H,2-7,12-15,18H2,1H3. The van der Waals surface area contributed by atoms with E-state index < -0.39 is 6.18 Å². The Morgan fingerprint density at radius 3 is 1.86 bits per heavy atom. The summed E-state index contributed by atoms with van der Waals surface area (Å²) in [4.78, 5) is 0. The first-order valence-corrected chi connectivity index (χ1v) is 11.4. The Morgan fingerprint density at radius 1 is 0.862 bits per heavy atom. The predicted molar refractivity (Wildman–Crippen MR) is 112 cm³/mol. The van der Waals surface area contributed by atoms with Crippen molar-refractivity contribution in [2.45, 2.75) is 95.2 Å². The van der Waals surface area contributed by atoms with Crippen molar-refractivity contribution in [2.75, 3.05) is 6.61 Å². The van der Waals surface area contributed by atoms with Gasteiger partial charge in [0.2, 0.25) is 0 Å². The van der Waals surface area contributed by atoms with E-state index in [0.29, 0.717) is 24.0 Å². The molecule has 2 aliphatic rings. The van der Waals surface area contributed by atoms with Crippen LogP contribution in [0.25, 0.3) is 0 Å². The van der Waals surface area contributed by atoms with Crippen LogP contribution < -0.4 is 0 Å². The highest BCUT2D eigenvalue weighted by Crippen LogP contribution is 2.39. The topological polar surface area (TPSA) is 9.23 Å². The summed E-state index contributed by atoms with van der Waals surface area (Å²) in [6, 6.07) is 9.09. The van der Waals surface area contributed by atoms with Gasteiger partial charge in [0.15, 0.2) is 0 Å². The van der Waals surface area contributed by atoms with E-state index in [-0.39, 0.29) is 5.92 Å². The molecule has 0 aromatic heterocycles. The van der Waals surface area contributed by atoms with Crippen LogP contribution in [0.5, 0.6) is 0 Å². The van der Waals surface area contributed by atoms with Crippen molar-refractivity contribution >= 4 is 0 Å². The zero-order valence-corrected chi connectivity index (χ0v) is 17.6. The van der Waals surface area contributed by atoms with E-state index in [1.807, 2.05) is 0 Å². The highest BCUT2D eigenvalue weighted by atomic mass is 19.4. The van der Waals surface area contributed by atoms with E-state index in [2.05, 4.69) is 31.2 Å².